The molecule has 1 saturated heterocycles. The molecule has 2 heterocycles. The van der Waals surface area contributed by atoms with E-state index in [1.807, 2.05) is 48.5 Å². The van der Waals surface area contributed by atoms with Gasteiger partial charge in [-0.25, -0.2) is 9.88 Å². The minimum atomic E-state index is -0.592. The van der Waals surface area contributed by atoms with Crippen LogP contribution in [0, 0.1) is 0 Å². The highest BCUT2D eigenvalue weighted by atomic mass is 16.5. The monoisotopic (exact) mass is 426 g/mol. The zero-order valence-electron chi connectivity index (χ0n) is 17.5. The number of carbonyl (C=O) groups excluding carboxylic acids is 2. The minimum absolute atomic E-state index is 0.117. The van der Waals surface area contributed by atoms with Crippen molar-refractivity contribution in [3.63, 3.8) is 0 Å². The van der Waals surface area contributed by atoms with Crippen molar-refractivity contribution in [1.29, 1.82) is 0 Å². The molecule has 1 atom stereocenters. The van der Waals surface area contributed by atoms with Gasteiger partial charge in [0, 0.05) is 12.1 Å². The average molecular weight is 426 g/mol. The lowest BCUT2D eigenvalue weighted by molar-refractivity contribution is -0.121. The van der Waals surface area contributed by atoms with Crippen molar-refractivity contribution in [2.75, 3.05) is 17.3 Å². The normalized spacial score (nSPS) is 16.0. The molecule has 1 fully saturated rings. The summed E-state index contributed by atoms with van der Waals surface area (Å²) in [5.74, 6) is 1.09. The third-order valence-electron chi connectivity index (χ3n) is 5.58. The van der Waals surface area contributed by atoms with Crippen LogP contribution in [0.2, 0.25) is 0 Å². The fourth-order valence-electron chi connectivity index (χ4n) is 3.95. The number of imide groups is 1. The summed E-state index contributed by atoms with van der Waals surface area (Å²) in [7, 11) is 1.57. The molecule has 1 aliphatic heterocycles. The number of carbonyl (C=O) groups is 2. The van der Waals surface area contributed by atoms with Crippen LogP contribution in [0.15, 0.2) is 72.8 Å². The highest BCUT2D eigenvalue weighted by molar-refractivity contribution is 6.23. The molecule has 0 unspecified atom stereocenters. The molecule has 0 bridgehead atoms. The van der Waals surface area contributed by atoms with Gasteiger partial charge in [0.15, 0.2) is 0 Å². The Hall–Kier alpha value is -4.13. The van der Waals surface area contributed by atoms with E-state index in [9.17, 15) is 9.59 Å². The van der Waals surface area contributed by atoms with Crippen LogP contribution in [0.1, 0.15) is 17.8 Å². The Morgan fingerprint density at radius 2 is 1.78 bits per heavy atom. The number of hydrogen-bond donors (Lipinski definition) is 2. The average Bonchev–Trinajstić information content (AvgIpc) is 3.34. The molecule has 5 rings (SSSR count). The first kappa shape index (κ1) is 19.8. The summed E-state index contributed by atoms with van der Waals surface area (Å²) in [5.41, 5.74) is 4.41. The second-order valence-electron chi connectivity index (χ2n) is 7.74. The number of methoxy groups -OCH3 is 1. The number of rotatable bonds is 6. The topological polar surface area (TPSA) is 87.3 Å². The molecule has 2 N–H and O–H groups in total. The van der Waals surface area contributed by atoms with Crippen LogP contribution in [-0.2, 0) is 16.0 Å². The maximum atomic E-state index is 12.9. The summed E-state index contributed by atoms with van der Waals surface area (Å²) in [4.78, 5) is 34.5. The first-order valence-electron chi connectivity index (χ1n) is 10.4. The Labute approximate surface area is 185 Å². The van der Waals surface area contributed by atoms with Gasteiger partial charge in [0.2, 0.25) is 5.91 Å². The van der Waals surface area contributed by atoms with E-state index in [0.29, 0.717) is 17.9 Å². The number of fused-ring (bicyclic) bond motifs is 1. The molecular weight excluding hydrogens is 404 g/mol. The number of imidazole rings is 1. The van der Waals surface area contributed by atoms with E-state index in [1.165, 1.54) is 4.90 Å². The van der Waals surface area contributed by atoms with Crippen LogP contribution in [0.4, 0.5) is 11.4 Å². The predicted octanol–water partition coefficient (Wildman–Crippen LogP) is 3.91. The number of nitrogens with zero attached hydrogens (tertiary/aromatic N) is 2. The Morgan fingerprint density at radius 1 is 1.03 bits per heavy atom. The summed E-state index contributed by atoms with van der Waals surface area (Å²) in [6.07, 6.45) is 0.798. The Kier molecular flexibility index (Phi) is 5.07. The van der Waals surface area contributed by atoms with Crippen molar-refractivity contribution in [3.8, 4) is 5.75 Å². The minimum Gasteiger partial charge on any atom is -0.497 e. The molecule has 3 aromatic carbocycles. The van der Waals surface area contributed by atoms with Gasteiger partial charge in [-0.1, -0.05) is 24.3 Å². The van der Waals surface area contributed by atoms with Crippen LogP contribution >= 0.6 is 0 Å². The number of aromatic amines is 1. The van der Waals surface area contributed by atoms with Gasteiger partial charge >= 0.3 is 0 Å². The SMILES string of the molecule is COc1ccc(N2C(=O)C[C@H](Nc3ccc(Cc4nc5ccccc5[nH]4)cc3)C2=O)cc1. The zero-order chi connectivity index (χ0) is 22.1. The first-order valence-corrected chi connectivity index (χ1v) is 10.4. The predicted molar refractivity (Wildman–Crippen MR) is 123 cm³/mol. The quantitative estimate of drug-likeness (QED) is 0.457. The summed E-state index contributed by atoms with van der Waals surface area (Å²) >= 11 is 0. The molecule has 2 amide bonds. The smallest absolute Gasteiger partial charge is 0.256 e. The fourth-order valence-corrected chi connectivity index (χ4v) is 3.95. The van der Waals surface area contributed by atoms with E-state index in [1.54, 1.807) is 31.4 Å². The van der Waals surface area contributed by atoms with E-state index < -0.39 is 6.04 Å². The Morgan fingerprint density at radius 3 is 2.50 bits per heavy atom. The highest BCUT2D eigenvalue weighted by Gasteiger charge is 2.39. The van der Waals surface area contributed by atoms with E-state index >= 15 is 0 Å². The maximum Gasteiger partial charge on any atom is 0.256 e. The summed E-state index contributed by atoms with van der Waals surface area (Å²) in [6.45, 7) is 0. The standard InChI is InChI=1S/C25H22N4O3/c1-32-19-12-10-18(11-13-19)29-24(30)15-22(25(29)31)26-17-8-6-16(7-9-17)14-23-27-20-4-2-3-5-21(20)28-23/h2-13,22,26H,14-15H2,1H3,(H,27,28)/t22-/m0/s1. The third kappa shape index (κ3) is 3.80. The second-order valence-corrected chi connectivity index (χ2v) is 7.74. The number of nitrogens with one attached hydrogen (secondary N) is 2. The van der Waals surface area contributed by atoms with Crippen molar-refractivity contribution < 1.29 is 14.3 Å². The zero-order valence-corrected chi connectivity index (χ0v) is 17.5. The number of aromatic nitrogens is 2. The molecule has 1 aliphatic rings. The Bertz CT molecular complexity index is 1250. The van der Waals surface area contributed by atoms with Crippen LogP contribution in [0.3, 0.4) is 0 Å². The number of amides is 2. The number of ether oxygens (including phenoxy) is 1. The van der Waals surface area contributed by atoms with E-state index in [2.05, 4.69) is 15.3 Å². The lowest BCUT2D eigenvalue weighted by Gasteiger charge is -2.16. The first-order chi connectivity index (χ1) is 15.6. The van der Waals surface area contributed by atoms with E-state index in [-0.39, 0.29) is 18.2 Å². The van der Waals surface area contributed by atoms with Gasteiger partial charge in [0.1, 0.15) is 17.6 Å². The molecule has 160 valence electrons. The van der Waals surface area contributed by atoms with Crippen LogP contribution in [-0.4, -0.2) is 34.9 Å². The van der Waals surface area contributed by atoms with Gasteiger partial charge in [0.05, 0.1) is 30.3 Å². The number of anilines is 2. The highest BCUT2D eigenvalue weighted by Crippen LogP contribution is 2.27. The number of para-hydroxylation sites is 2. The van der Waals surface area contributed by atoms with Crippen molar-refractivity contribution in [2.24, 2.45) is 0 Å². The maximum absolute atomic E-state index is 12.9. The molecule has 0 spiro atoms. The van der Waals surface area contributed by atoms with Gasteiger partial charge in [-0.2, -0.15) is 0 Å². The van der Waals surface area contributed by atoms with Crippen molar-refractivity contribution in [3.05, 3.63) is 84.2 Å². The number of H-pyrrole nitrogens is 1. The molecule has 4 aromatic rings. The van der Waals surface area contributed by atoms with Gasteiger partial charge in [-0.15, -0.1) is 0 Å². The molecule has 7 nitrogen and oxygen atoms in total. The Balaban J connectivity index is 1.25. The van der Waals surface area contributed by atoms with E-state index in [0.717, 1.165) is 28.1 Å². The fraction of sp³-hybridized carbons (Fsp3) is 0.160. The molecule has 0 saturated carbocycles. The van der Waals surface area contributed by atoms with Crippen LogP contribution < -0.4 is 15.0 Å². The van der Waals surface area contributed by atoms with Crippen molar-refractivity contribution >= 4 is 34.2 Å². The second kappa shape index (κ2) is 8.19. The summed E-state index contributed by atoms with van der Waals surface area (Å²) < 4.78 is 5.14. The lowest BCUT2D eigenvalue weighted by Crippen LogP contribution is -2.34. The van der Waals surface area contributed by atoms with Gasteiger partial charge < -0.3 is 15.0 Å². The molecule has 0 radical (unpaired) electrons. The van der Waals surface area contributed by atoms with Gasteiger partial charge in [0.25, 0.3) is 5.91 Å². The summed E-state index contributed by atoms with van der Waals surface area (Å²) in [6, 6.07) is 22.1. The third-order valence-corrected chi connectivity index (χ3v) is 5.58. The summed E-state index contributed by atoms with van der Waals surface area (Å²) in [5, 5.41) is 3.20. The van der Waals surface area contributed by atoms with Crippen LogP contribution in [0.25, 0.3) is 11.0 Å². The molecule has 32 heavy (non-hydrogen) atoms. The van der Waals surface area contributed by atoms with Crippen molar-refractivity contribution in [1.82, 2.24) is 9.97 Å². The molecule has 1 aromatic heterocycles. The lowest BCUT2D eigenvalue weighted by atomic mass is 10.1. The van der Waals surface area contributed by atoms with Gasteiger partial charge in [-0.05, 0) is 54.1 Å². The molecule has 7 heteroatoms. The number of benzene rings is 3. The van der Waals surface area contributed by atoms with E-state index in [4.69, 9.17) is 4.74 Å². The number of hydrogen-bond acceptors (Lipinski definition) is 5. The van der Waals surface area contributed by atoms with Crippen molar-refractivity contribution in [2.45, 2.75) is 18.9 Å². The molecule has 0 aliphatic carbocycles. The van der Waals surface area contributed by atoms with Gasteiger partial charge in [-0.3, -0.25) is 9.59 Å². The molecular formula is C25H22N4O3. The van der Waals surface area contributed by atoms with Crippen LogP contribution in [0.5, 0.6) is 5.75 Å². The largest absolute Gasteiger partial charge is 0.497 e.